The van der Waals surface area contributed by atoms with Crippen LogP contribution in [0.5, 0.6) is 11.5 Å². The predicted molar refractivity (Wildman–Crippen MR) is 97.1 cm³/mol. The summed E-state index contributed by atoms with van der Waals surface area (Å²) in [5.74, 6) is 0.654. The summed E-state index contributed by atoms with van der Waals surface area (Å²) < 4.78 is 5.40. The number of para-hydroxylation sites is 1. The summed E-state index contributed by atoms with van der Waals surface area (Å²) in [6, 6.07) is 15.7. The monoisotopic (exact) mass is 325 g/mol. The van der Waals surface area contributed by atoms with Crippen molar-refractivity contribution >= 4 is 11.9 Å². The van der Waals surface area contributed by atoms with E-state index in [1.54, 1.807) is 6.07 Å². The van der Waals surface area contributed by atoms with E-state index in [4.69, 9.17) is 4.74 Å². The molecule has 0 unspecified atom stereocenters. The smallest absolute Gasteiger partial charge is 0.161 e. The highest BCUT2D eigenvalue weighted by Gasteiger charge is 2.15. The summed E-state index contributed by atoms with van der Waals surface area (Å²) in [5, 5.41) is 16.4. The van der Waals surface area contributed by atoms with Gasteiger partial charge in [-0.2, -0.15) is 5.10 Å². The maximum Gasteiger partial charge on any atom is 0.161 e. The molecule has 2 aromatic carbocycles. The molecule has 1 saturated heterocycles. The summed E-state index contributed by atoms with van der Waals surface area (Å²) in [6.45, 7) is 6.12. The van der Waals surface area contributed by atoms with Crippen LogP contribution in [0, 0.1) is 0 Å². The second-order valence-corrected chi connectivity index (χ2v) is 5.68. The third-order valence-electron chi connectivity index (χ3n) is 4.03. The molecule has 0 saturated carbocycles. The van der Waals surface area contributed by atoms with E-state index in [1.807, 2.05) is 31.3 Å². The highest BCUT2D eigenvalue weighted by molar-refractivity contribution is 5.80. The molecule has 1 heterocycles. The molecule has 1 N–H and O–H groups in total. The number of nitrogens with zero attached hydrogens (tertiary/aromatic N) is 3. The van der Waals surface area contributed by atoms with Crippen molar-refractivity contribution in [1.29, 1.82) is 0 Å². The summed E-state index contributed by atoms with van der Waals surface area (Å²) in [4.78, 5) is 2.37. The fourth-order valence-corrected chi connectivity index (χ4v) is 2.74. The van der Waals surface area contributed by atoms with Crippen molar-refractivity contribution in [3.8, 4) is 11.5 Å². The van der Waals surface area contributed by atoms with Crippen LogP contribution in [0.4, 0.5) is 5.69 Å². The van der Waals surface area contributed by atoms with Crippen molar-refractivity contribution in [2.45, 2.75) is 6.92 Å². The number of phenols is 1. The van der Waals surface area contributed by atoms with Crippen LogP contribution in [0.15, 0.2) is 53.6 Å². The molecule has 0 radical (unpaired) electrons. The summed E-state index contributed by atoms with van der Waals surface area (Å²) in [5.41, 5.74) is 2.18. The van der Waals surface area contributed by atoms with Gasteiger partial charge in [0.2, 0.25) is 0 Å². The Morgan fingerprint density at radius 1 is 1.08 bits per heavy atom. The van der Waals surface area contributed by atoms with E-state index < -0.39 is 0 Å². The first-order valence-corrected chi connectivity index (χ1v) is 8.31. The quantitative estimate of drug-likeness (QED) is 0.859. The first-order chi connectivity index (χ1) is 11.8. The maximum atomic E-state index is 9.73. The fourth-order valence-electron chi connectivity index (χ4n) is 2.74. The van der Waals surface area contributed by atoms with Gasteiger partial charge in [0.1, 0.15) is 0 Å². The zero-order chi connectivity index (χ0) is 16.8. The number of phenolic OH excluding ortho intramolecular Hbond substituents is 1. The third kappa shape index (κ3) is 3.98. The van der Waals surface area contributed by atoms with Gasteiger partial charge in [0, 0.05) is 18.8 Å². The molecule has 24 heavy (non-hydrogen) atoms. The van der Waals surface area contributed by atoms with E-state index in [1.165, 1.54) is 5.69 Å². The van der Waals surface area contributed by atoms with Crippen molar-refractivity contribution in [1.82, 2.24) is 5.01 Å². The van der Waals surface area contributed by atoms with Gasteiger partial charge in [-0.05, 0) is 42.8 Å². The molecule has 0 bridgehead atoms. The number of rotatable bonds is 5. The van der Waals surface area contributed by atoms with Crippen molar-refractivity contribution < 1.29 is 9.84 Å². The van der Waals surface area contributed by atoms with Crippen LogP contribution in [-0.4, -0.2) is 49.1 Å². The van der Waals surface area contributed by atoms with Crippen LogP contribution in [0.2, 0.25) is 0 Å². The Morgan fingerprint density at radius 2 is 1.83 bits per heavy atom. The van der Waals surface area contributed by atoms with Crippen LogP contribution in [-0.2, 0) is 0 Å². The molecule has 1 fully saturated rings. The van der Waals surface area contributed by atoms with Crippen LogP contribution >= 0.6 is 0 Å². The minimum Gasteiger partial charge on any atom is -0.504 e. The van der Waals surface area contributed by atoms with Crippen molar-refractivity contribution in [2.24, 2.45) is 5.10 Å². The molecular weight excluding hydrogens is 302 g/mol. The Bertz CT molecular complexity index is 680. The highest BCUT2D eigenvalue weighted by Crippen LogP contribution is 2.26. The number of anilines is 1. The van der Waals surface area contributed by atoms with E-state index >= 15 is 0 Å². The Hall–Kier alpha value is -2.69. The molecule has 1 aliphatic rings. The van der Waals surface area contributed by atoms with E-state index in [9.17, 15) is 5.11 Å². The Kier molecular flexibility index (Phi) is 5.21. The van der Waals surface area contributed by atoms with Gasteiger partial charge >= 0.3 is 0 Å². The zero-order valence-corrected chi connectivity index (χ0v) is 13.9. The van der Waals surface area contributed by atoms with Crippen molar-refractivity contribution in [3.05, 3.63) is 54.1 Å². The topological polar surface area (TPSA) is 48.3 Å². The lowest BCUT2D eigenvalue weighted by molar-refractivity contribution is 0.272. The molecule has 5 heteroatoms. The summed E-state index contributed by atoms with van der Waals surface area (Å²) in [6.07, 6.45) is 1.82. The van der Waals surface area contributed by atoms with Gasteiger partial charge in [-0.3, -0.25) is 5.01 Å². The maximum absolute atomic E-state index is 9.73. The van der Waals surface area contributed by atoms with E-state index in [-0.39, 0.29) is 5.75 Å². The lowest BCUT2D eigenvalue weighted by atomic mass is 10.2. The molecule has 5 nitrogen and oxygen atoms in total. The largest absolute Gasteiger partial charge is 0.504 e. The lowest BCUT2D eigenvalue weighted by Crippen LogP contribution is -2.44. The number of aromatic hydroxyl groups is 1. The third-order valence-corrected chi connectivity index (χ3v) is 4.03. The Balaban J connectivity index is 1.58. The number of hydrazone groups is 1. The molecule has 0 atom stereocenters. The normalized spacial score (nSPS) is 15.0. The fraction of sp³-hybridized carbons (Fsp3) is 0.316. The van der Waals surface area contributed by atoms with Crippen molar-refractivity contribution in [3.63, 3.8) is 0 Å². The second-order valence-electron chi connectivity index (χ2n) is 5.68. The average Bonchev–Trinajstić information content (AvgIpc) is 2.64. The molecule has 0 amide bonds. The number of ether oxygens (including phenoxy) is 1. The Morgan fingerprint density at radius 3 is 2.54 bits per heavy atom. The number of benzene rings is 2. The minimum absolute atomic E-state index is 0.158. The zero-order valence-electron chi connectivity index (χ0n) is 13.9. The number of piperazine rings is 1. The van der Waals surface area contributed by atoms with E-state index in [2.05, 4.69) is 39.3 Å². The first-order valence-electron chi connectivity index (χ1n) is 8.31. The first kappa shape index (κ1) is 16.2. The van der Waals surface area contributed by atoms with Gasteiger partial charge < -0.3 is 14.7 Å². The van der Waals surface area contributed by atoms with Crippen LogP contribution in [0.25, 0.3) is 0 Å². The minimum atomic E-state index is 0.158. The van der Waals surface area contributed by atoms with Crippen LogP contribution < -0.4 is 9.64 Å². The average molecular weight is 325 g/mol. The van der Waals surface area contributed by atoms with Gasteiger partial charge in [0.15, 0.2) is 11.5 Å². The molecule has 3 rings (SSSR count). The van der Waals surface area contributed by atoms with Gasteiger partial charge in [0.25, 0.3) is 0 Å². The number of hydrogen-bond donors (Lipinski definition) is 1. The summed E-state index contributed by atoms with van der Waals surface area (Å²) in [7, 11) is 0. The van der Waals surface area contributed by atoms with Gasteiger partial charge in [-0.25, -0.2) is 0 Å². The van der Waals surface area contributed by atoms with Crippen LogP contribution in [0.3, 0.4) is 0 Å². The van der Waals surface area contributed by atoms with Crippen molar-refractivity contribution in [2.75, 3.05) is 37.7 Å². The van der Waals surface area contributed by atoms with Gasteiger partial charge in [-0.15, -0.1) is 0 Å². The SMILES string of the molecule is CCOc1cc(C=NN2CCN(c3ccccc3)CC2)ccc1O. The highest BCUT2D eigenvalue weighted by atomic mass is 16.5. The number of hydrogen-bond acceptors (Lipinski definition) is 5. The molecule has 1 aliphatic heterocycles. The molecule has 126 valence electrons. The van der Waals surface area contributed by atoms with E-state index in [0.29, 0.717) is 12.4 Å². The van der Waals surface area contributed by atoms with Gasteiger partial charge in [-0.1, -0.05) is 18.2 Å². The standard InChI is InChI=1S/C19H23N3O2/c1-2-24-19-14-16(8-9-18(19)23)15-20-22-12-10-21(11-13-22)17-6-4-3-5-7-17/h3-9,14-15,23H,2,10-13H2,1H3. The Labute approximate surface area is 142 Å². The predicted octanol–water partition coefficient (Wildman–Crippen LogP) is 2.95. The molecular formula is C19H23N3O2. The summed E-state index contributed by atoms with van der Waals surface area (Å²) >= 11 is 0. The van der Waals surface area contributed by atoms with Gasteiger partial charge in [0.05, 0.1) is 25.9 Å². The molecule has 0 aliphatic carbocycles. The van der Waals surface area contributed by atoms with Crippen LogP contribution in [0.1, 0.15) is 12.5 Å². The molecule has 0 spiro atoms. The second kappa shape index (κ2) is 7.73. The molecule has 2 aromatic rings. The lowest BCUT2D eigenvalue weighted by Gasteiger charge is -2.34. The molecule has 0 aromatic heterocycles. The van der Waals surface area contributed by atoms with E-state index in [0.717, 1.165) is 31.7 Å².